The van der Waals surface area contributed by atoms with Gasteiger partial charge in [0, 0.05) is 15.7 Å². The Hall–Kier alpha value is -0.450. The highest BCUT2D eigenvalue weighted by Gasteiger charge is 2.10. The number of unbranched alkanes of at least 4 members (excludes halogenated alkanes) is 2. The molecule has 1 aromatic rings. The molecule has 0 fully saturated rings. The van der Waals surface area contributed by atoms with E-state index < -0.39 is 9.05 Å². The first-order valence-corrected chi connectivity index (χ1v) is 9.91. The van der Waals surface area contributed by atoms with E-state index in [-0.39, 0.29) is 5.75 Å². The van der Waals surface area contributed by atoms with Gasteiger partial charge in [0.2, 0.25) is 9.05 Å². The zero-order valence-corrected chi connectivity index (χ0v) is 15.0. The molecule has 0 aliphatic rings. The molecule has 0 amide bonds. The van der Waals surface area contributed by atoms with Gasteiger partial charge >= 0.3 is 0 Å². The van der Waals surface area contributed by atoms with E-state index in [1.807, 2.05) is 19.1 Å². The van der Waals surface area contributed by atoms with Crippen LogP contribution in [0.15, 0.2) is 12.1 Å². The molecular formula is C15H22Cl2O3S. The Morgan fingerprint density at radius 2 is 1.86 bits per heavy atom. The zero-order chi connectivity index (χ0) is 16.0. The molecule has 1 rings (SSSR count). The Balaban J connectivity index is 2.47. The minimum atomic E-state index is -3.37. The second-order valence-electron chi connectivity index (χ2n) is 5.45. The lowest BCUT2D eigenvalue weighted by Gasteiger charge is -2.14. The van der Waals surface area contributed by atoms with E-state index >= 15 is 0 Å². The van der Waals surface area contributed by atoms with Crippen molar-refractivity contribution in [1.29, 1.82) is 0 Å². The van der Waals surface area contributed by atoms with Crippen LogP contribution in [-0.4, -0.2) is 20.8 Å². The molecule has 120 valence electrons. The second kappa shape index (κ2) is 8.25. The second-order valence-corrected chi connectivity index (χ2v) is 8.75. The predicted octanol–water partition coefficient (Wildman–Crippen LogP) is 4.89. The Kier molecular flexibility index (Phi) is 7.31. The van der Waals surface area contributed by atoms with Crippen LogP contribution in [0.4, 0.5) is 0 Å². The van der Waals surface area contributed by atoms with Crippen LogP contribution in [0.25, 0.3) is 0 Å². The van der Waals surface area contributed by atoms with E-state index in [0.717, 1.165) is 34.7 Å². The summed E-state index contributed by atoms with van der Waals surface area (Å²) in [6.45, 7) is 6.70. The largest absolute Gasteiger partial charge is 0.493 e. The van der Waals surface area contributed by atoms with Crippen LogP contribution in [0.1, 0.15) is 50.2 Å². The summed E-state index contributed by atoms with van der Waals surface area (Å²) in [7, 11) is 1.78. The molecule has 0 saturated carbocycles. The first-order chi connectivity index (χ1) is 9.70. The first kappa shape index (κ1) is 18.6. The third-order valence-electron chi connectivity index (χ3n) is 3.21. The van der Waals surface area contributed by atoms with E-state index in [0.29, 0.717) is 18.9 Å². The average Bonchev–Trinajstić information content (AvgIpc) is 2.33. The smallest absolute Gasteiger partial charge is 0.232 e. The zero-order valence-electron chi connectivity index (χ0n) is 12.7. The Bertz CT molecular complexity index is 569. The molecule has 0 aromatic heterocycles. The standard InChI is InChI=1S/C15H22Cl2O3S/c1-11(2)13-10-15(12(3)9-14(13)16)20-7-5-4-6-8-21(17,18)19/h9-11H,4-8H2,1-3H3. The van der Waals surface area contributed by atoms with Crippen LogP contribution in [0.3, 0.4) is 0 Å². The lowest BCUT2D eigenvalue weighted by atomic mass is 10.0. The Morgan fingerprint density at radius 3 is 2.43 bits per heavy atom. The lowest BCUT2D eigenvalue weighted by molar-refractivity contribution is 0.304. The Morgan fingerprint density at radius 1 is 1.19 bits per heavy atom. The fraction of sp³-hybridized carbons (Fsp3) is 0.600. The van der Waals surface area contributed by atoms with E-state index in [9.17, 15) is 8.42 Å². The number of benzene rings is 1. The van der Waals surface area contributed by atoms with Crippen LogP contribution < -0.4 is 4.74 Å². The first-order valence-electron chi connectivity index (χ1n) is 7.06. The third kappa shape index (κ3) is 6.90. The van der Waals surface area contributed by atoms with Gasteiger partial charge in [0.25, 0.3) is 0 Å². The van der Waals surface area contributed by atoms with E-state index in [2.05, 4.69) is 13.8 Å². The molecule has 0 heterocycles. The summed E-state index contributed by atoms with van der Waals surface area (Å²) in [5.74, 6) is 1.20. The van der Waals surface area contributed by atoms with Crippen LogP contribution in [0.2, 0.25) is 5.02 Å². The SMILES string of the molecule is Cc1cc(Cl)c(C(C)C)cc1OCCCCCS(=O)(=O)Cl. The van der Waals surface area contributed by atoms with Gasteiger partial charge in [-0.1, -0.05) is 25.4 Å². The third-order valence-corrected chi connectivity index (χ3v) is 4.77. The number of ether oxygens (including phenoxy) is 1. The van der Waals surface area contributed by atoms with Crippen molar-refractivity contribution in [3.63, 3.8) is 0 Å². The maximum atomic E-state index is 10.8. The molecule has 1 aromatic carbocycles. The van der Waals surface area contributed by atoms with Crippen LogP contribution in [-0.2, 0) is 9.05 Å². The van der Waals surface area contributed by atoms with Gasteiger partial charge in [-0.3, -0.25) is 0 Å². The molecule has 0 N–H and O–H groups in total. The topological polar surface area (TPSA) is 43.4 Å². The number of halogens is 2. The highest BCUT2D eigenvalue weighted by molar-refractivity contribution is 8.13. The molecule has 21 heavy (non-hydrogen) atoms. The highest BCUT2D eigenvalue weighted by Crippen LogP contribution is 2.31. The van der Waals surface area contributed by atoms with Gasteiger partial charge in [-0.2, -0.15) is 0 Å². The molecule has 6 heteroatoms. The van der Waals surface area contributed by atoms with Gasteiger partial charge in [0.05, 0.1) is 12.4 Å². The fourth-order valence-corrected chi connectivity index (χ4v) is 3.31. The van der Waals surface area contributed by atoms with Gasteiger partial charge < -0.3 is 4.74 Å². The van der Waals surface area contributed by atoms with E-state index in [1.165, 1.54) is 0 Å². The van der Waals surface area contributed by atoms with Gasteiger partial charge in [-0.15, -0.1) is 0 Å². The number of hydrogen-bond donors (Lipinski definition) is 0. The van der Waals surface area contributed by atoms with Gasteiger partial charge in [0.1, 0.15) is 5.75 Å². The molecule has 0 spiro atoms. The minimum absolute atomic E-state index is 0.0199. The number of rotatable bonds is 8. The van der Waals surface area contributed by atoms with Crippen molar-refractivity contribution < 1.29 is 13.2 Å². The normalized spacial score (nSPS) is 11.9. The van der Waals surface area contributed by atoms with Gasteiger partial charge in [-0.25, -0.2) is 8.42 Å². The highest BCUT2D eigenvalue weighted by atomic mass is 35.7. The van der Waals surface area contributed by atoms with Crippen molar-refractivity contribution in [2.75, 3.05) is 12.4 Å². The van der Waals surface area contributed by atoms with E-state index in [1.54, 1.807) is 0 Å². The van der Waals surface area contributed by atoms with Gasteiger partial charge in [-0.05, 0) is 55.4 Å². The molecular weight excluding hydrogens is 331 g/mol. The molecule has 0 aliphatic heterocycles. The number of aryl methyl sites for hydroxylation is 1. The molecule has 0 bridgehead atoms. The van der Waals surface area contributed by atoms with Gasteiger partial charge in [0.15, 0.2) is 0 Å². The molecule has 3 nitrogen and oxygen atoms in total. The lowest BCUT2D eigenvalue weighted by Crippen LogP contribution is -2.02. The summed E-state index contributed by atoms with van der Waals surface area (Å²) < 4.78 is 27.3. The molecule has 0 atom stereocenters. The predicted molar refractivity (Wildman–Crippen MR) is 89.3 cm³/mol. The molecule has 0 aliphatic carbocycles. The number of hydrogen-bond acceptors (Lipinski definition) is 3. The van der Waals surface area contributed by atoms with Crippen molar-refractivity contribution in [2.24, 2.45) is 0 Å². The van der Waals surface area contributed by atoms with Crippen molar-refractivity contribution in [3.8, 4) is 5.75 Å². The summed E-state index contributed by atoms with van der Waals surface area (Å²) in [6, 6.07) is 3.91. The molecule has 0 radical (unpaired) electrons. The quantitative estimate of drug-likeness (QED) is 0.494. The van der Waals surface area contributed by atoms with Crippen molar-refractivity contribution in [2.45, 2.75) is 46.0 Å². The summed E-state index contributed by atoms with van der Waals surface area (Å²) in [5, 5.41) is 0.766. The summed E-state index contributed by atoms with van der Waals surface area (Å²) in [5.41, 5.74) is 2.08. The fourth-order valence-electron chi connectivity index (χ4n) is 2.00. The Labute approximate surface area is 137 Å². The molecule has 0 saturated heterocycles. The summed E-state index contributed by atoms with van der Waals surface area (Å²) in [6.07, 6.45) is 2.13. The summed E-state index contributed by atoms with van der Waals surface area (Å²) in [4.78, 5) is 0. The van der Waals surface area contributed by atoms with E-state index in [4.69, 9.17) is 27.0 Å². The minimum Gasteiger partial charge on any atom is -0.493 e. The molecule has 0 unspecified atom stereocenters. The van der Waals surface area contributed by atoms with Crippen LogP contribution in [0.5, 0.6) is 5.75 Å². The van der Waals surface area contributed by atoms with Crippen LogP contribution >= 0.6 is 22.3 Å². The summed E-state index contributed by atoms with van der Waals surface area (Å²) >= 11 is 6.22. The average molecular weight is 353 g/mol. The van der Waals surface area contributed by atoms with Crippen molar-refractivity contribution in [3.05, 3.63) is 28.3 Å². The maximum absolute atomic E-state index is 10.8. The maximum Gasteiger partial charge on any atom is 0.232 e. The van der Waals surface area contributed by atoms with Crippen molar-refractivity contribution in [1.82, 2.24) is 0 Å². The monoisotopic (exact) mass is 352 g/mol. The van der Waals surface area contributed by atoms with Crippen molar-refractivity contribution >= 4 is 31.3 Å². The van der Waals surface area contributed by atoms with Crippen LogP contribution in [0, 0.1) is 6.92 Å².